The Bertz CT molecular complexity index is 2030. The molecule has 2 aliphatic heterocycles. The molecule has 0 bridgehead atoms. The highest BCUT2D eigenvalue weighted by atomic mass is 16.6. The minimum absolute atomic E-state index is 0.0257. The summed E-state index contributed by atoms with van der Waals surface area (Å²) in [5.41, 5.74) is 5.83. The molecule has 0 radical (unpaired) electrons. The van der Waals surface area contributed by atoms with E-state index in [1.807, 2.05) is 54.6 Å². The highest BCUT2D eigenvalue weighted by Crippen LogP contribution is 2.42. The van der Waals surface area contributed by atoms with E-state index < -0.39 is 12.2 Å². The van der Waals surface area contributed by atoms with Crippen molar-refractivity contribution in [2.45, 2.75) is 44.4 Å². The van der Waals surface area contributed by atoms with Crippen LogP contribution in [0, 0.1) is 11.8 Å². The summed E-state index contributed by atoms with van der Waals surface area (Å²) in [5.74, 6) is 0.759. The maximum absolute atomic E-state index is 12.9. The van der Waals surface area contributed by atoms with Crippen LogP contribution in [0.5, 0.6) is 11.5 Å². The fourth-order valence-electron chi connectivity index (χ4n) is 8.26. The van der Waals surface area contributed by atoms with Crippen molar-refractivity contribution in [3.8, 4) is 22.6 Å². The van der Waals surface area contributed by atoms with Crippen molar-refractivity contribution in [2.24, 2.45) is 11.8 Å². The number of phenols is 1. The van der Waals surface area contributed by atoms with Crippen LogP contribution in [0.3, 0.4) is 0 Å². The first kappa shape index (κ1) is 40.7. The molecule has 5 N–H and O–H groups in total. The summed E-state index contributed by atoms with van der Waals surface area (Å²) in [7, 11) is 1.74. The second-order valence-electron chi connectivity index (χ2n) is 15.4. The van der Waals surface area contributed by atoms with Gasteiger partial charge in [-0.3, -0.25) is 19.8 Å². The number of aliphatic hydroxyl groups excluding tert-OH is 1. The van der Waals surface area contributed by atoms with Crippen LogP contribution in [0.25, 0.3) is 11.1 Å². The third-order valence-electron chi connectivity index (χ3n) is 11.2. The summed E-state index contributed by atoms with van der Waals surface area (Å²) in [4.78, 5) is 41.4. The minimum atomic E-state index is -0.938. The fourth-order valence-corrected chi connectivity index (χ4v) is 8.26. The van der Waals surface area contributed by atoms with E-state index in [2.05, 4.69) is 45.1 Å². The Morgan fingerprint density at radius 3 is 2.53 bits per heavy atom. The number of rotatable bonds is 17. The smallest absolute Gasteiger partial charge is 0.411 e. The molecule has 0 spiro atoms. The van der Waals surface area contributed by atoms with Gasteiger partial charge in [0.15, 0.2) is 12.4 Å². The number of ether oxygens (including phenoxy) is 3. The summed E-state index contributed by atoms with van der Waals surface area (Å²) < 4.78 is 17.2. The van der Waals surface area contributed by atoms with E-state index in [0.717, 1.165) is 55.7 Å². The van der Waals surface area contributed by atoms with Gasteiger partial charge in [0, 0.05) is 57.4 Å². The van der Waals surface area contributed by atoms with Crippen molar-refractivity contribution < 1.29 is 38.8 Å². The van der Waals surface area contributed by atoms with Crippen molar-refractivity contribution in [3.63, 3.8) is 0 Å². The number of carbonyl (C=O) groups is 3. The van der Waals surface area contributed by atoms with E-state index in [-0.39, 0.29) is 54.7 Å². The second kappa shape index (κ2) is 19.3. The number of aromatic hydroxyl groups is 1. The van der Waals surface area contributed by atoms with Gasteiger partial charge >= 0.3 is 6.09 Å². The van der Waals surface area contributed by atoms with E-state index >= 15 is 0 Å². The number of likely N-dealkylation sites (N-methyl/N-ethyl adjacent to an activating group) is 1. The molecule has 3 amide bonds. The number of amides is 3. The number of anilines is 2. The Morgan fingerprint density at radius 1 is 0.966 bits per heavy atom. The molecule has 2 fully saturated rings. The molecule has 1 aliphatic carbocycles. The number of likely N-dealkylation sites (tertiary alicyclic amines) is 1. The number of hydrogen-bond acceptors (Lipinski definition) is 10. The molecule has 4 atom stereocenters. The lowest BCUT2D eigenvalue weighted by atomic mass is 10.0. The lowest BCUT2D eigenvalue weighted by Crippen LogP contribution is -2.35. The SMILES string of the molecule is CN(CCNC[C@H](O)c1ccc(O)c2c1OCC(=O)N2)C(=O)CCOCCc1cccc(CN2CC3C[C@@H](OC(=O)Nc4ccccc4-c4ccccc4)C[C@@H]3C2)c1. The van der Waals surface area contributed by atoms with Crippen molar-refractivity contribution in [2.75, 3.05) is 70.2 Å². The highest BCUT2D eigenvalue weighted by molar-refractivity contribution is 5.97. The molecule has 1 saturated heterocycles. The maximum Gasteiger partial charge on any atom is 0.411 e. The number of hydrogen-bond donors (Lipinski definition) is 5. The number of phenolic OH excluding ortho intramolecular Hbond substituents is 1. The Labute approximate surface area is 339 Å². The molecule has 4 aromatic rings. The van der Waals surface area contributed by atoms with E-state index in [0.29, 0.717) is 43.7 Å². The first-order valence-corrected chi connectivity index (χ1v) is 20.1. The molecule has 13 nitrogen and oxygen atoms in total. The number of carbonyl (C=O) groups excluding carboxylic acids is 3. The molecule has 0 aromatic heterocycles. The summed E-state index contributed by atoms with van der Waals surface area (Å²) >= 11 is 0. The first-order chi connectivity index (χ1) is 28.2. The lowest BCUT2D eigenvalue weighted by Gasteiger charge is -2.24. The summed E-state index contributed by atoms with van der Waals surface area (Å²) in [6.45, 7) is 4.65. The summed E-state index contributed by atoms with van der Waals surface area (Å²) in [5, 5.41) is 29.5. The summed E-state index contributed by atoms with van der Waals surface area (Å²) in [6, 6.07) is 29.4. The molecule has 1 saturated carbocycles. The zero-order valence-corrected chi connectivity index (χ0v) is 32.9. The van der Waals surface area contributed by atoms with Crippen molar-refractivity contribution in [3.05, 3.63) is 108 Å². The average molecular weight is 792 g/mol. The molecule has 1 unspecified atom stereocenters. The molecule has 3 aliphatic rings. The van der Waals surface area contributed by atoms with E-state index in [4.69, 9.17) is 14.2 Å². The normalized spacial score (nSPS) is 19.1. The summed E-state index contributed by atoms with van der Waals surface area (Å²) in [6.07, 6.45) is 1.39. The number of para-hydroxylation sites is 1. The van der Waals surface area contributed by atoms with Gasteiger partial charge in [0.2, 0.25) is 5.91 Å². The van der Waals surface area contributed by atoms with E-state index in [1.165, 1.54) is 17.2 Å². The average Bonchev–Trinajstić information content (AvgIpc) is 3.77. The molecule has 306 valence electrons. The first-order valence-electron chi connectivity index (χ1n) is 20.1. The van der Waals surface area contributed by atoms with Gasteiger partial charge in [-0.25, -0.2) is 4.79 Å². The maximum atomic E-state index is 12.9. The van der Waals surface area contributed by atoms with Crippen LogP contribution in [0.4, 0.5) is 16.2 Å². The quantitative estimate of drug-likeness (QED) is 0.0675. The van der Waals surface area contributed by atoms with E-state index in [1.54, 1.807) is 18.0 Å². The minimum Gasteiger partial charge on any atom is -0.506 e. The lowest BCUT2D eigenvalue weighted by molar-refractivity contribution is -0.131. The molecule has 7 rings (SSSR count). The van der Waals surface area contributed by atoms with Gasteiger partial charge < -0.3 is 40.0 Å². The van der Waals surface area contributed by atoms with Crippen LogP contribution in [0.2, 0.25) is 0 Å². The molecule has 4 aromatic carbocycles. The van der Waals surface area contributed by atoms with Crippen molar-refractivity contribution in [1.82, 2.24) is 15.1 Å². The second-order valence-corrected chi connectivity index (χ2v) is 15.4. The largest absolute Gasteiger partial charge is 0.506 e. The van der Waals surface area contributed by atoms with Gasteiger partial charge in [-0.05, 0) is 66.0 Å². The third-order valence-corrected chi connectivity index (χ3v) is 11.2. The van der Waals surface area contributed by atoms with Gasteiger partial charge in [-0.2, -0.15) is 0 Å². The van der Waals surface area contributed by atoms with Crippen LogP contribution in [0.1, 0.15) is 42.1 Å². The standard InChI is InChI=1S/C45H53N5O8/c1-49(19-18-46-25-40(52)37-14-15-39(51)43-44(37)57-29-41(53)48-43)42(54)17-21-56-20-16-30-8-7-9-31(22-30)26-50-27-33-23-35(24-34(33)28-50)58-45(55)47-38-13-6-5-12-36(38)32-10-3-2-4-11-32/h2-15,22,33-35,40,46,51-52H,16-21,23-29H2,1H3,(H,47,55)(H,48,53)/t33-,34?,35+,40+/m1/s1. The predicted octanol–water partition coefficient (Wildman–Crippen LogP) is 5.58. The van der Waals surface area contributed by atoms with Gasteiger partial charge in [0.1, 0.15) is 17.5 Å². The Hall–Kier alpha value is -5.47. The molecule has 58 heavy (non-hydrogen) atoms. The number of fused-ring (bicyclic) bond motifs is 2. The number of nitrogens with one attached hydrogen (secondary N) is 3. The molecule has 13 heteroatoms. The zero-order chi connectivity index (χ0) is 40.4. The van der Waals surface area contributed by atoms with E-state index in [9.17, 15) is 24.6 Å². The van der Waals surface area contributed by atoms with Gasteiger partial charge in [-0.15, -0.1) is 0 Å². The van der Waals surface area contributed by atoms with Crippen molar-refractivity contribution in [1.29, 1.82) is 0 Å². The zero-order valence-electron chi connectivity index (χ0n) is 32.9. The monoisotopic (exact) mass is 791 g/mol. The highest BCUT2D eigenvalue weighted by Gasteiger charge is 2.42. The Balaban J connectivity index is 0.756. The Morgan fingerprint density at radius 2 is 1.72 bits per heavy atom. The number of aliphatic hydroxyl groups is 1. The number of benzene rings is 4. The molecule has 2 heterocycles. The van der Waals surface area contributed by atoms with Crippen molar-refractivity contribution >= 4 is 29.3 Å². The van der Waals surface area contributed by atoms with Crippen LogP contribution in [-0.2, 0) is 32.0 Å². The Kier molecular flexibility index (Phi) is 13.6. The third kappa shape index (κ3) is 10.5. The molecular weight excluding hydrogens is 739 g/mol. The molecular formula is C45H53N5O8. The number of nitrogens with zero attached hydrogens (tertiary/aromatic N) is 2. The van der Waals surface area contributed by atoms with Crippen LogP contribution in [0.15, 0.2) is 91.0 Å². The van der Waals surface area contributed by atoms with Crippen LogP contribution >= 0.6 is 0 Å². The van der Waals surface area contributed by atoms with Gasteiger partial charge in [0.05, 0.1) is 31.4 Å². The van der Waals surface area contributed by atoms with Gasteiger partial charge in [-0.1, -0.05) is 72.8 Å². The van der Waals surface area contributed by atoms with Crippen LogP contribution in [-0.4, -0.2) is 104 Å². The van der Waals surface area contributed by atoms with Crippen LogP contribution < -0.4 is 20.7 Å². The fraction of sp³-hybridized carbons (Fsp3) is 0.400. The van der Waals surface area contributed by atoms with Gasteiger partial charge in [0.25, 0.3) is 5.91 Å². The topological polar surface area (TPSA) is 162 Å². The predicted molar refractivity (Wildman–Crippen MR) is 221 cm³/mol.